The van der Waals surface area contributed by atoms with Gasteiger partial charge in [0.25, 0.3) is 0 Å². The molecule has 0 aliphatic carbocycles. The molecule has 0 aliphatic heterocycles. The lowest BCUT2D eigenvalue weighted by Gasteiger charge is -2.21. The molecule has 0 bridgehead atoms. The molecule has 0 aromatic heterocycles. The van der Waals surface area contributed by atoms with Gasteiger partial charge in [0.05, 0.1) is 5.92 Å². The van der Waals surface area contributed by atoms with Crippen LogP contribution in [0.3, 0.4) is 0 Å². The molecule has 4 nitrogen and oxygen atoms in total. The van der Waals surface area contributed by atoms with Crippen molar-refractivity contribution in [1.29, 1.82) is 0 Å². The molecule has 0 aliphatic rings. The molecule has 1 aromatic carbocycles. The Morgan fingerprint density at radius 3 is 2.19 bits per heavy atom. The van der Waals surface area contributed by atoms with Gasteiger partial charge in [-0.1, -0.05) is 24.3 Å². The maximum atomic E-state index is 10.8. The second-order valence-electron chi connectivity index (χ2n) is 4.28. The fourth-order valence-electron chi connectivity index (χ4n) is 1.37. The molecule has 1 unspecified atom stereocenters. The summed E-state index contributed by atoms with van der Waals surface area (Å²) in [6.07, 6.45) is 0. The Morgan fingerprint density at radius 2 is 1.81 bits per heavy atom. The Morgan fingerprint density at radius 1 is 1.31 bits per heavy atom. The highest BCUT2D eigenvalue weighted by Gasteiger charge is 2.22. The minimum Gasteiger partial charge on any atom is -0.481 e. The summed E-state index contributed by atoms with van der Waals surface area (Å²) < 4.78 is 0. The highest BCUT2D eigenvalue weighted by atomic mass is 17.1. The summed E-state index contributed by atoms with van der Waals surface area (Å²) in [4.78, 5) is 15.1. The Bertz CT molecular complexity index is 367. The summed E-state index contributed by atoms with van der Waals surface area (Å²) in [6.45, 7) is 5.08. The van der Waals surface area contributed by atoms with E-state index in [0.717, 1.165) is 11.1 Å². The van der Waals surface area contributed by atoms with Gasteiger partial charge in [0, 0.05) is 0 Å². The third kappa shape index (κ3) is 2.59. The summed E-state index contributed by atoms with van der Waals surface area (Å²) in [5, 5.41) is 17.6. The molecule has 1 rings (SSSR count). The summed E-state index contributed by atoms with van der Waals surface area (Å²) in [6, 6.07) is 6.97. The van der Waals surface area contributed by atoms with Gasteiger partial charge in [0.15, 0.2) is 0 Å². The van der Waals surface area contributed by atoms with Crippen molar-refractivity contribution in [2.24, 2.45) is 0 Å². The summed E-state index contributed by atoms with van der Waals surface area (Å²) in [5.41, 5.74) is 0.728. The minimum absolute atomic E-state index is 0.535. The molecule has 1 aromatic rings. The quantitative estimate of drug-likeness (QED) is 0.609. The van der Waals surface area contributed by atoms with Crippen molar-refractivity contribution in [2.75, 3.05) is 0 Å². The van der Waals surface area contributed by atoms with Crippen LogP contribution in [0, 0.1) is 0 Å². The van der Waals surface area contributed by atoms with E-state index in [1.165, 1.54) is 0 Å². The van der Waals surface area contributed by atoms with Crippen molar-refractivity contribution in [2.45, 2.75) is 32.3 Å². The summed E-state index contributed by atoms with van der Waals surface area (Å²) in [7, 11) is 0. The van der Waals surface area contributed by atoms with E-state index in [4.69, 9.17) is 10.4 Å². The first-order valence-electron chi connectivity index (χ1n) is 5.04. The highest BCUT2D eigenvalue weighted by molar-refractivity contribution is 5.75. The molecule has 0 fully saturated rings. The molecule has 2 N–H and O–H groups in total. The zero-order chi connectivity index (χ0) is 12.3. The molecule has 0 amide bonds. The van der Waals surface area contributed by atoms with Crippen LogP contribution in [-0.4, -0.2) is 16.3 Å². The first kappa shape index (κ1) is 12.7. The fraction of sp³-hybridized carbons (Fsp3) is 0.417. The van der Waals surface area contributed by atoms with Crippen LogP contribution in [0.1, 0.15) is 37.8 Å². The monoisotopic (exact) mass is 224 g/mol. The normalized spacial score (nSPS) is 13.5. The van der Waals surface area contributed by atoms with Crippen LogP contribution in [0.4, 0.5) is 0 Å². The first-order chi connectivity index (χ1) is 7.38. The molecule has 1 atom stereocenters. The van der Waals surface area contributed by atoms with Crippen molar-refractivity contribution in [1.82, 2.24) is 0 Å². The van der Waals surface area contributed by atoms with E-state index in [-0.39, 0.29) is 0 Å². The van der Waals surface area contributed by atoms with Crippen molar-refractivity contribution in [3.8, 4) is 0 Å². The number of benzene rings is 1. The average molecular weight is 224 g/mol. The third-order valence-electron chi connectivity index (χ3n) is 2.70. The van der Waals surface area contributed by atoms with E-state index in [9.17, 15) is 4.79 Å². The van der Waals surface area contributed by atoms with Gasteiger partial charge in [0.2, 0.25) is 0 Å². The molecule has 0 heterocycles. The number of carbonyl (C=O) groups is 1. The van der Waals surface area contributed by atoms with Crippen molar-refractivity contribution < 1.29 is 20.0 Å². The minimum atomic E-state index is -0.856. The number of aliphatic carboxylic acids is 1. The molecular formula is C12H16O4. The third-order valence-corrected chi connectivity index (χ3v) is 2.70. The van der Waals surface area contributed by atoms with Crippen LogP contribution in [0.25, 0.3) is 0 Å². The van der Waals surface area contributed by atoms with Crippen molar-refractivity contribution >= 4 is 5.97 Å². The van der Waals surface area contributed by atoms with Crippen LogP contribution in [0.5, 0.6) is 0 Å². The van der Waals surface area contributed by atoms with E-state index < -0.39 is 17.5 Å². The van der Waals surface area contributed by atoms with E-state index in [2.05, 4.69) is 4.89 Å². The molecule has 0 saturated heterocycles. The summed E-state index contributed by atoms with van der Waals surface area (Å²) in [5.74, 6) is -1.39. The zero-order valence-electron chi connectivity index (χ0n) is 9.60. The maximum absolute atomic E-state index is 10.8. The van der Waals surface area contributed by atoms with Crippen LogP contribution >= 0.6 is 0 Å². The molecular weight excluding hydrogens is 208 g/mol. The number of carboxylic acids is 1. The van der Waals surface area contributed by atoms with Gasteiger partial charge in [-0.05, 0) is 31.9 Å². The number of carboxylic acid groups (broad SMARTS) is 1. The van der Waals surface area contributed by atoms with Gasteiger partial charge in [-0.2, -0.15) is 0 Å². The predicted octanol–water partition coefficient (Wildman–Crippen LogP) is 2.60. The molecule has 88 valence electrons. The fourth-order valence-corrected chi connectivity index (χ4v) is 1.37. The van der Waals surface area contributed by atoms with Gasteiger partial charge in [-0.25, -0.2) is 4.89 Å². The van der Waals surface area contributed by atoms with Crippen molar-refractivity contribution in [3.05, 3.63) is 35.4 Å². The van der Waals surface area contributed by atoms with E-state index in [1.54, 1.807) is 45.0 Å². The number of hydrogen-bond donors (Lipinski definition) is 2. The summed E-state index contributed by atoms with van der Waals surface area (Å²) >= 11 is 0. The lowest BCUT2D eigenvalue weighted by molar-refractivity contribution is -0.318. The highest BCUT2D eigenvalue weighted by Crippen LogP contribution is 2.25. The number of hydrogen-bond acceptors (Lipinski definition) is 3. The standard InChI is InChI=1S/C12H16O4/c1-8(11(13)14)9-4-6-10(7-5-9)12(2,3)16-15/h4-8,15H,1-3H3,(H,13,14). The topological polar surface area (TPSA) is 66.8 Å². The smallest absolute Gasteiger partial charge is 0.310 e. The Balaban J connectivity index is 2.96. The van der Waals surface area contributed by atoms with Gasteiger partial charge in [-0.15, -0.1) is 0 Å². The largest absolute Gasteiger partial charge is 0.481 e. The average Bonchev–Trinajstić information content (AvgIpc) is 2.28. The van der Waals surface area contributed by atoms with Gasteiger partial charge in [0.1, 0.15) is 5.60 Å². The molecule has 4 heteroatoms. The zero-order valence-corrected chi connectivity index (χ0v) is 9.60. The number of rotatable bonds is 4. The Kier molecular flexibility index (Phi) is 3.67. The molecule has 0 spiro atoms. The van der Waals surface area contributed by atoms with Gasteiger partial charge >= 0.3 is 5.97 Å². The lowest BCUT2D eigenvalue weighted by atomic mass is 9.94. The Labute approximate surface area is 94.4 Å². The van der Waals surface area contributed by atoms with E-state index >= 15 is 0 Å². The maximum Gasteiger partial charge on any atom is 0.310 e. The Hall–Kier alpha value is -1.39. The lowest BCUT2D eigenvalue weighted by Crippen LogP contribution is -2.19. The van der Waals surface area contributed by atoms with E-state index in [0.29, 0.717) is 0 Å². The van der Waals surface area contributed by atoms with Crippen LogP contribution < -0.4 is 0 Å². The van der Waals surface area contributed by atoms with Gasteiger partial charge in [-0.3, -0.25) is 10.1 Å². The first-order valence-corrected chi connectivity index (χ1v) is 5.04. The van der Waals surface area contributed by atoms with Gasteiger partial charge < -0.3 is 5.11 Å². The molecule has 0 radical (unpaired) electrons. The molecule has 0 saturated carbocycles. The second-order valence-corrected chi connectivity index (χ2v) is 4.28. The van der Waals surface area contributed by atoms with Crippen LogP contribution in [0.15, 0.2) is 24.3 Å². The second kappa shape index (κ2) is 4.63. The van der Waals surface area contributed by atoms with E-state index in [1.807, 2.05) is 0 Å². The van der Waals surface area contributed by atoms with Crippen LogP contribution in [-0.2, 0) is 15.3 Å². The molecule has 16 heavy (non-hydrogen) atoms. The SMILES string of the molecule is CC(C(=O)O)c1ccc(C(C)(C)OO)cc1. The van der Waals surface area contributed by atoms with Crippen LogP contribution in [0.2, 0.25) is 0 Å². The predicted molar refractivity (Wildman–Crippen MR) is 59.2 cm³/mol. The van der Waals surface area contributed by atoms with Crippen molar-refractivity contribution in [3.63, 3.8) is 0 Å².